The van der Waals surface area contributed by atoms with Gasteiger partial charge in [0, 0.05) is 51.2 Å². The number of piperazine rings is 1. The number of aromatic nitrogens is 1. The van der Waals surface area contributed by atoms with E-state index in [1.807, 2.05) is 17.0 Å². The van der Waals surface area contributed by atoms with Crippen molar-refractivity contribution in [3.63, 3.8) is 0 Å². The molecule has 22 heavy (non-hydrogen) atoms. The summed E-state index contributed by atoms with van der Waals surface area (Å²) in [6.45, 7) is 6.82. The first-order chi connectivity index (χ1) is 10.8. The molecule has 2 aliphatic rings. The topological polar surface area (TPSA) is 48.5 Å². The number of hydrogen-bond donors (Lipinski definition) is 1. The van der Waals surface area contributed by atoms with Gasteiger partial charge in [-0.05, 0) is 37.0 Å². The predicted molar refractivity (Wildman–Crippen MR) is 86.4 cm³/mol. The minimum absolute atomic E-state index is 0.155. The monoisotopic (exact) mass is 302 g/mol. The molecule has 0 bridgehead atoms. The SMILES string of the molecule is CCC1CN(C(C(=O)N2CCCC2)c2ccncc2)CCN1. The van der Waals surface area contributed by atoms with Gasteiger partial charge < -0.3 is 10.2 Å². The van der Waals surface area contributed by atoms with Crippen molar-refractivity contribution in [1.29, 1.82) is 0 Å². The first-order valence-corrected chi connectivity index (χ1v) is 8.45. The lowest BCUT2D eigenvalue weighted by atomic mass is 10.0. The first-order valence-electron chi connectivity index (χ1n) is 8.45. The number of nitrogens with zero attached hydrogens (tertiary/aromatic N) is 3. The van der Waals surface area contributed by atoms with Crippen LogP contribution in [0.5, 0.6) is 0 Å². The molecule has 2 atom stereocenters. The summed E-state index contributed by atoms with van der Waals surface area (Å²) in [5.41, 5.74) is 1.07. The van der Waals surface area contributed by atoms with E-state index in [4.69, 9.17) is 0 Å². The minimum atomic E-state index is -0.155. The van der Waals surface area contributed by atoms with Crippen LogP contribution >= 0.6 is 0 Å². The van der Waals surface area contributed by atoms with Crippen molar-refractivity contribution >= 4 is 5.91 Å². The Labute approximate surface area is 132 Å². The first kappa shape index (κ1) is 15.4. The molecule has 5 heteroatoms. The molecule has 1 N–H and O–H groups in total. The van der Waals surface area contributed by atoms with E-state index in [0.29, 0.717) is 6.04 Å². The molecule has 3 heterocycles. The summed E-state index contributed by atoms with van der Waals surface area (Å²) in [6, 6.07) is 4.30. The van der Waals surface area contributed by atoms with Crippen LogP contribution in [-0.2, 0) is 4.79 Å². The molecular formula is C17H26N4O. The number of likely N-dealkylation sites (tertiary alicyclic amines) is 1. The second-order valence-electron chi connectivity index (χ2n) is 6.27. The highest BCUT2D eigenvalue weighted by molar-refractivity contribution is 5.83. The van der Waals surface area contributed by atoms with Crippen LogP contribution in [0.2, 0.25) is 0 Å². The third-order valence-electron chi connectivity index (χ3n) is 4.82. The Morgan fingerprint density at radius 3 is 2.73 bits per heavy atom. The van der Waals surface area contributed by atoms with Crippen molar-refractivity contribution in [2.24, 2.45) is 0 Å². The lowest BCUT2D eigenvalue weighted by molar-refractivity contribution is -0.136. The largest absolute Gasteiger partial charge is 0.341 e. The van der Waals surface area contributed by atoms with Crippen LogP contribution in [0.1, 0.15) is 37.8 Å². The van der Waals surface area contributed by atoms with E-state index in [0.717, 1.165) is 57.5 Å². The minimum Gasteiger partial charge on any atom is -0.341 e. The van der Waals surface area contributed by atoms with Crippen molar-refractivity contribution in [2.75, 3.05) is 32.7 Å². The smallest absolute Gasteiger partial charge is 0.244 e. The Morgan fingerprint density at radius 1 is 1.32 bits per heavy atom. The highest BCUT2D eigenvalue weighted by atomic mass is 16.2. The summed E-state index contributed by atoms with van der Waals surface area (Å²) in [5.74, 6) is 0.264. The van der Waals surface area contributed by atoms with Crippen LogP contribution in [-0.4, -0.2) is 59.5 Å². The van der Waals surface area contributed by atoms with E-state index in [2.05, 4.69) is 22.1 Å². The molecule has 0 aromatic carbocycles. The van der Waals surface area contributed by atoms with Crippen molar-refractivity contribution in [3.05, 3.63) is 30.1 Å². The van der Waals surface area contributed by atoms with E-state index in [1.165, 1.54) is 0 Å². The molecule has 1 aromatic rings. The maximum atomic E-state index is 13.1. The summed E-state index contributed by atoms with van der Waals surface area (Å²) < 4.78 is 0. The zero-order valence-electron chi connectivity index (χ0n) is 13.4. The van der Waals surface area contributed by atoms with Gasteiger partial charge in [0.05, 0.1) is 0 Å². The van der Waals surface area contributed by atoms with Gasteiger partial charge in [0.1, 0.15) is 6.04 Å². The van der Waals surface area contributed by atoms with E-state index in [1.54, 1.807) is 12.4 Å². The molecule has 0 spiro atoms. The number of hydrogen-bond acceptors (Lipinski definition) is 4. The quantitative estimate of drug-likeness (QED) is 0.914. The molecule has 0 aliphatic carbocycles. The molecule has 1 aromatic heterocycles. The lowest BCUT2D eigenvalue weighted by Gasteiger charge is -2.39. The predicted octanol–water partition coefficient (Wildman–Crippen LogP) is 1.43. The fraction of sp³-hybridized carbons (Fsp3) is 0.647. The molecule has 120 valence electrons. The third-order valence-corrected chi connectivity index (χ3v) is 4.82. The molecule has 2 unspecified atom stereocenters. The second kappa shape index (κ2) is 7.20. The van der Waals surface area contributed by atoms with Crippen LogP contribution < -0.4 is 5.32 Å². The van der Waals surface area contributed by atoms with Crippen molar-refractivity contribution in [2.45, 2.75) is 38.3 Å². The number of pyridine rings is 1. The van der Waals surface area contributed by atoms with Crippen LogP contribution in [0.25, 0.3) is 0 Å². The van der Waals surface area contributed by atoms with Crippen molar-refractivity contribution < 1.29 is 4.79 Å². The average Bonchev–Trinajstić information content (AvgIpc) is 3.11. The average molecular weight is 302 g/mol. The van der Waals surface area contributed by atoms with Gasteiger partial charge in [-0.3, -0.25) is 14.7 Å². The van der Waals surface area contributed by atoms with Gasteiger partial charge in [-0.15, -0.1) is 0 Å². The summed E-state index contributed by atoms with van der Waals surface area (Å²) in [6.07, 6.45) is 6.94. The zero-order valence-corrected chi connectivity index (χ0v) is 13.4. The molecule has 2 aliphatic heterocycles. The van der Waals surface area contributed by atoms with E-state index < -0.39 is 0 Å². The summed E-state index contributed by atoms with van der Waals surface area (Å²) in [7, 11) is 0. The van der Waals surface area contributed by atoms with E-state index in [9.17, 15) is 4.79 Å². The van der Waals surface area contributed by atoms with E-state index >= 15 is 0 Å². The maximum absolute atomic E-state index is 13.1. The lowest BCUT2D eigenvalue weighted by Crippen LogP contribution is -2.54. The van der Waals surface area contributed by atoms with Gasteiger partial charge in [-0.25, -0.2) is 0 Å². The Kier molecular flexibility index (Phi) is 5.05. The highest BCUT2D eigenvalue weighted by Crippen LogP contribution is 2.26. The van der Waals surface area contributed by atoms with Crippen LogP contribution in [0.3, 0.4) is 0 Å². The fourth-order valence-electron chi connectivity index (χ4n) is 3.52. The Balaban J connectivity index is 1.84. The van der Waals surface area contributed by atoms with Gasteiger partial charge in [0.2, 0.25) is 5.91 Å². The normalized spacial score (nSPS) is 24.4. The summed E-state index contributed by atoms with van der Waals surface area (Å²) in [4.78, 5) is 21.6. The summed E-state index contributed by atoms with van der Waals surface area (Å²) in [5, 5.41) is 3.53. The zero-order chi connectivity index (χ0) is 15.4. The second-order valence-corrected chi connectivity index (χ2v) is 6.27. The molecule has 5 nitrogen and oxygen atoms in total. The van der Waals surface area contributed by atoms with Gasteiger partial charge in [-0.2, -0.15) is 0 Å². The Bertz CT molecular complexity index is 487. The molecule has 2 fully saturated rings. The molecule has 0 saturated carbocycles. The molecule has 0 radical (unpaired) electrons. The van der Waals surface area contributed by atoms with E-state index in [-0.39, 0.29) is 11.9 Å². The van der Waals surface area contributed by atoms with Gasteiger partial charge in [-0.1, -0.05) is 6.92 Å². The molecule has 3 rings (SSSR count). The molecule has 2 saturated heterocycles. The van der Waals surface area contributed by atoms with Gasteiger partial charge >= 0.3 is 0 Å². The van der Waals surface area contributed by atoms with Crippen molar-refractivity contribution in [3.8, 4) is 0 Å². The van der Waals surface area contributed by atoms with Gasteiger partial charge in [0.25, 0.3) is 0 Å². The Morgan fingerprint density at radius 2 is 2.05 bits per heavy atom. The number of carbonyl (C=O) groups excluding carboxylic acids is 1. The number of carbonyl (C=O) groups is 1. The van der Waals surface area contributed by atoms with Crippen LogP contribution in [0, 0.1) is 0 Å². The standard InChI is InChI=1S/C17H26N4O/c1-2-15-13-21(12-9-19-15)16(14-5-7-18-8-6-14)17(22)20-10-3-4-11-20/h5-8,15-16,19H,2-4,9-13H2,1H3. The summed E-state index contributed by atoms with van der Waals surface area (Å²) >= 11 is 0. The van der Waals surface area contributed by atoms with Crippen molar-refractivity contribution in [1.82, 2.24) is 20.1 Å². The van der Waals surface area contributed by atoms with Crippen LogP contribution in [0.15, 0.2) is 24.5 Å². The Hall–Kier alpha value is -1.46. The highest BCUT2D eigenvalue weighted by Gasteiger charge is 2.34. The van der Waals surface area contributed by atoms with Gasteiger partial charge in [0.15, 0.2) is 0 Å². The number of rotatable bonds is 4. The number of nitrogens with one attached hydrogen (secondary N) is 1. The third kappa shape index (κ3) is 3.31. The molecule has 1 amide bonds. The fourth-order valence-corrected chi connectivity index (χ4v) is 3.52. The number of amides is 1. The van der Waals surface area contributed by atoms with Crippen LogP contribution in [0.4, 0.5) is 0 Å². The molecular weight excluding hydrogens is 276 g/mol. The maximum Gasteiger partial charge on any atom is 0.244 e.